The van der Waals surface area contributed by atoms with Crippen molar-refractivity contribution in [2.45, 2.75) is 26.0 Å². The molecule has 0 atom stereocenters. The summed E-state index contributed by atoms with van der Waals surface area (Å²) in [5.41, 5.74) is 1.11. The molecule has 0 saturated heterocycles. The molecule has 0 radical (unpaired) electrons. The molecule has 1 aromatic heterocycles. The van der Waals surface area contributed by atoms with Gasteiger partial charge < -0.3 is 9.84 Å². The predicted octanol–water partition coefficient (Wildman–Crippen LogP) is 2.17. The lowest BCUT2D eigenvalue weighted by molar-refractivity contribution is 0.0785. The normalized spacial score (nSPS) is 11.6. The number of ether oxygens (including phenoxy) is 1. The van der Waals surface area contributed by atoms with Crippen molar-refractivity contribution in [1.29, 1.82) is 0 Å². The molecule has 0 spiro atoms. The molecule has 0 aliphatic rings. The van der Waals surface area contributed by atoms with Crippen LogP contribution in [-0.2, 0) is 12.1 Å². The fourth-order valence-electron chi connectivity index (χ4n) is 1.68. The van der Waals surface area contributed by atoms with Gasteiger partial charge in [0.1, 0.15) is 5.75 Å². The summed E-state index contributed by atoms with van der Waals surface area (Å²) < 4.78 is 6.93. The average molecular weight is 246 g/mol. The molecule has 2 aromatic rings. The quantitative estimate of drug-likeness (QED) is 0.899. The summed E-state index contributed by atoms with van der Waals surface area (Å²) in [6, 6.07) is 7.86. The fraction of sp³-hybridized carbons (Fsp3) is 0.357. The van der Waals surface area contributed by atoms with Crippen molar-refractivity contribution < 1.29 is 9.84 Å². The maximum atomic E-state index is 9.87. The minimum Gasteiger partial charge on any atom is -0.497 e. The molecule has 1 aromatic carbocycles. The van der Waals surface area contributed by atoms with Crippen molar-refractivity contribution in [2.24, 2.45) is 0 Å². The highest BCUT2D eigenvalue weighted by atomic mass is 16.5. The van der Waals surface area contributed by atoms with Gasteiger partial charge in [0, 0.05) is 11.8 Å². The zero-order chi connectivity index (χ0) is 13.2. The molecule has 1 N–H and O–H groups in total. The van der Waals surface area contributed by atoms with Crippen LogP contribution in [-0.4, -0.2) is 22.0 Å². The Bertz CT molecular complexity index is 509. The molecule has 0 aliphatic carbocycles. The van der Waals surface area contributed by atoms with Gasteiger partial charge in [0.2, 0.25) is 0 Å². The topological polar surface area (TPSA) is 47.3 Å². The van der Waals surface area contributed by atoms with Crippen LogP contribution in [0.15, 0.2) is 36.7 Å². The standard InChI is InChI=1S/C14H18N2O2/c1-14(2,17)12-8-15-16(10-12)9-11-4-6-13(18-3)7-5-11/h4-8,10,17H,9H2,1-3H3. The van der Waals surface area contributed by atoms with Crippen LogP contribution < -0.4 is 4.74 Å². The first kappa shape index (κ1) is 12.6. The van der Waals surface area contributed by atoms with Crippen molar-refractivity contribution in [3.05, 3.63) is 47.8 Å². The number of methoxy groups -OCH3 is 1. The van der Waals surface area contributed by atoms with Crippen LogP contribution in [0.5, 0.6) is 5.75 Å². The van der Waals surface area contributed by atoms with Crippen LogP contribution in [0, 0.1) is 0 Å². The van der Waals surface area contributed by atoms with Crippen LogP contribution >= 0.6 is 0 Å². The van der Waals surface area contributed by atoms with E-state index in [0.717, 1.165) is 16.9 Å². The zero-order valence-electron chi connectivity index (χ0n) is 10.9. The van der Waals surface area contributed by atoms with Crippen molar-refractivity contribution in [1.82, 2.24) is 9.78 Å². The van der Waals surface area contributed by atoms with Crippen LogP contribution in [0.25, 0.3) is 0 Å². The van der Waals surface area contributed by atoms with Gasteiger partial charge in [0.05, 0.1) is 25.5 Å². The first-order chi connectivity index (χ1) is 8.49. The molecule has 4 nitrogen and oxygen atoms in total. The minimum atomic E-state index is -0.849. The smallest absolute Gasteiger partial charge is 0.118 e. The molecule has 0 unspecified atom stereocenters. The van der Waals surface area contributed by atoms with E-state index in [-0.39, 0.29) is 0 Å². The van der Waals surface area contributed by atoms with Gasteiger partial charge in [0.25, 0.3) is 0 Å². The Hall–Kier alpha value is -1.81. The lowest BCUT2D eigenvalue weighted by Crippen LogP contribution is -2.14. The van der Waals surface area contributed by atoms with E-state index in [1.165, 1.54) is 0 Å². The van der Waals surface area contributed by atoms with Crippen molar-refractivity contribution >= 4 is 0 Å². The highest BCUT2D eigenvalue weighted by Crippen LogP contribution is 2.19. The summed E-state index contributed by atoms with van der Waals surface area (Å²) in [6.07, 6.45) is 3.56. The minimum absolute atomic E-state index is 0.681. The van der Waals surface area contributed by atoms with E-state index < -0.39 is 5.60 Å². The molecule has 0 saturated carbocycles. The van der Waals surface area contributed by atoms with E-state index >= 15 is 0 Å². The number of rotatable bonds is 4. The van der Waals surface area contributed by atoms with Crippen LogP contribution in [0.3, 0.4) is 0 Å². The van der Waals surface area contributed by atoms with Gasteiger partial charge in [0.15, 0.2) is 0 Å². The predicted molar refractivity (Wildman–Crippen MR) is 69.6 cm³/mol. The molecule has 2 rings (SSSR count). The maximum absolute atomic E-state index is 9.87. The maximum Gasteiger partial charge on any atom is 0.118 e. The van der Waals surface area contributed by atoms with Gasteiger partial charge in [-0.05, 0) is 31.5 Å². The van der Waals surface area contributed by atoms with Crippen molar-refractivity contribution in [3.63, 3.8) is 0 Å². The molecular formula is C14H18N2O2. The second-order valence-electron chi connectivity index (χ2n) is 4.83. The second kappa shape index (κ2) is 4.82. The number of aromatic nitrogens is 2. The lowest BCUT2D eigenvalue weighted by atomic mass is 10.0. The zero-order valence-corrected chi connectivity index (χ0v) is 10.9. The second-order valence-corrected chi connectivity index (χ2v) is 4.83. The lowest BCUT2D eigenvalue weighted by Gasteiger charge is -2.13. The highest BCUT2D eigenvalue weighted by molar-refractivity contribution is 5.27. The first-order valence-electron chi connectivity index (χ1n) is 5.87. The van der Waals surface area contributed by atoms with Gasteiger partial charge in [-0.3, -0.25) is 4.68 Å². The van der Waals surface area contributed by atoms with E-state index in [1.54, 1.807) is 27.2 Å². The third kappa shape index (κ3) is 2.90. The Balaban J connectivity index is 2.11. The van der Waals surface area contributed by atoms with Crippen molar-refractivity contribution in [3.8, 4) is 5.75 Å². The highest BCUT2D eigenvalue weighted by Gasteiger charge is 2.17. The summed E-state index contributed by atoms with van der Waals surface area (Å²) in [7, 11) is 1.65. The van der Waals surface area contributed by atoms with Crippen LogP contribution in [0.1, 0.15) is 25.0 Å². The van der Waals surface area contributed by atoms with Gasteiger partial charge in [-0.2, -0.15) is 5.10 Å². The molecular weight excluding hydrogens is 228 g/mol. The van der Waals surface area contributed by atoms with E-state index in [4.69, 9.17) is 4.74 Å². The van der Waals surface area contributed by atoms with E-state index in [0.29, 0.717) is 6.54 Å². The molecule has 0 bridgehead atoms. The Kier molecular flexibility index (Phi) is 3.39. The number of aliphatic hydroxyl groups is 1. The molecule has 4 heteroatoms. The Morgan fingerprint density at radius 2 is 1.94 bits per heavy atom. The third-order valence-electron chi connectivity index (χ3n) is 2.84. The van der Waals surface area contributed by atoms with E-state index in [2.05, 4.69) is 5.10 Å². The molecule has 18 heavy (non-hydrogen) atoms. The summed E-state index contributed by atoms with van der Waals surface area (Å²) in [5, 5.41) is 14.1. The number of hydrogen-bond donors (Lipinski definition) is 1. The molecule has 1 heterocycles. The molecule has 0 amide bonds. The van der Waals surface area contributed by atoms with Gasteiger partial charge in [-0.15, -0.1) is 0 Å². The van der Waals surface area contributed by atoms with E-state index in [1.807, 2.05) is 35.1 Å². The van der Waals surface area contributed by atoms with Gasteiger partial charge >= 0.3 is 0 Å². The molecule has 96 valence electrons. The first-order valence-corrected chi connectivity index (χ1v) is 5.87. The number of hydrogen-bond acceptors (Lipinski definition) is 3. The van der Waals surface area contributed by atoms with Crippen LogP contribution in [0.4, 0.5) is 0 Å². The monoisotopic (exact) mass is 246 g/mol. The molecule has 0 fully saturated rings. The van der Waals surface area contributed by atoms with Gasteiger partial charge in [-0.1, -0.05) is 12.1 Å². The van der Waals surface area contributed by atoms with E-state index in [9.17, 15) is 5.11 Å². The number of benzene rings is 1. The Labute approximate surface area is 107 Å². The summed E-state index contributed by atoms with van der Waals surface area (Å²) in [6.45, 7) is 4.18. The van der Waals surface area contributed by atoms with Crippen LogP contribution in [0.2, 0.25) is 0 Å². The average Bonchev–Trinajstić information content (AvgIpc) is 2.78. The Morgan fingerprint density at radius 3 is 2.44 bits per heavy atom. The van der Waals surface area contributed by atoms with Gasteiger partial charge in [-0.25, -0.2) is 0 Å². The third-order valence-corrected chi connectivity index (χ3v) is 2.84. The van der Waals surface area contributed by atoms with Crippen molar-refractivity contribution in [2.75, 3.05) is 7.11 Å². The largest absolute Gasteiger partial charge is 0.497 e. The number of nitrogens with zero attached hydrogens (tertiary/aromatic N) is 2. The summed E-state index contributed by atoms with van der Waals surface area (Å²) in [5.74, 6) is 0.844. The SMILES string of the molecule is COc1ccc(Cn2cc(C(C)(C)O)cn2)cc1. The summed E-state index contributed by atoms with van der Waals surface area (Å²) in [4.78, 5) is 0. The molecule has 0 aliphatic heterocycles. The Morgan fingerprint density at radius 1 is 1.28 bits per heavy atom. The fourth-order valence-corrected chi connectivity index (χ4v) is 1.68. The summed E-state index contributed by atoms with van der Waals surface area (Å²) >= 11 is 0.